The molecule has 43 heavy (non-hydrogen) atoms. The first kappa shape index (κ1) is 45.8. The summed E-state index contributed by atoms with van der Waals surface area (Å²) < 4.78 is 0. The maximum Gasteiger partial charge on any atom is 0.0181 e. The molecule has 1 aromatic rings. The zero-order chi connectivity index (χ0) is 33.4. The molecular weight excluding hydrogens is 520 g/mol. The standard InChI is InChI=1S/C16H20.C15H29N.C4H11N.3C2H6/c1-3-14-7-9-15(10-8-14)12-16-6-4-5-13(2)11-16;1-4-6-12-15(5-2,16-3)13-14-10-8-7-9-11-14;1-2-3-4-5;3*1-2/h4-7,9,11H,3,8,10,12H2,1-2H3;8,10,14,16H,4-7,9,11-13H2,1-3H3;2-5H2,1H3;3*1-2H3. The molecule has 0 amide bonds. The predicted octanol–water partition coefficient (Wildman–Crippen LogP) is 12.7. The smallest absolute Gasteiger partial charge is 0.0181 e. The van der Waals surface area contributed by atoms with E-state index < -0.39 is 0 Å². The maximum absolute atomic E-state index is 5.14. The van der Waals surface area contributed by atoms with Crippen LogP contribution >= 0.6 is 0 Å². The van der Waals surface area contributed by atoms with Gasteiger partial charge in [0.1, 0.15) is 0 Å². The fraction of sp³-hybridized carbons (Fsp3) is 0.707. The molecule has 0 saturated carbocycles. The number of allylic oxidation sites excluding steroid dienone is 6. The molecule has 252 valence electrons. The predicted molar refractivity (Wildman–Crippen MR) is 201 cm³/mol. The van der Waals surface area contributed by atoms with Gasteiger partial charge in [0.25, 0.3) is 0 Å². The van der Waals surface area contributed by atoms with Crippen LogP contribution < -0.4 is 11.1 Å². The number of rotatable bonds is 12. The topological polar surface area (TPSA) is 38.0 Å². The molecule has 3 N–H and O–H groups in total. The lowest BCUT2D eigenvalue weighted by Crippen LogP contribution is -2.44. The summed E-state index contributed by atoms with van der Waals surface area (Å²) in [7, 11) is 2.14. The van der Waals surface area contributed by atoms with Crippen LogP contribution in [-0.4, -0.2) is 19.1 Å². The lowest BCUT2D eigenvalue weighted by Gasteiger charge is -2.36. The molecule has 0 heterocycles. The van der Waals surface area contributed by atoms with E-state index in [0.29, 0.717) is 5.54 Å². The average molecular weight is 599 g/mol. The highest BCUT2D eigenvalue weighted by Gasteiger charge is 2.28. The summed E-state index contributed by atoms with van der Waals surface area (Å²) in [6, 6.07) is 8.84. The Morgan fingerprint density at radius 1 is 0.884 bits per heavy atom. The van der Waals surface area contributed by atoms with E-state index in [2.05, 4.69) is 95.6 Å². The molecule has 2 unspecified atom stereocenters. The molecule has 3 rings (SSSR count). The molecule has 2 aliphatic carbocycles. The Morgan fingerprint density at radius 3 is 1.93 bits per heavy atom. The summed E-state index contributed by atoms with van der Waals surface area (Å²) in [6.07, 6.45) is 27.3. The van der Waals surface area contributed by atoms with Gasteiger partial charge in [-0.15, -0.1) is 0 Å². The van der Waals surface area contributed by atoms with Crippen LogP contribution in [0.3, 0.4) is 0 Å². The van der Waals surface area contributed by atoms with Crippen molar-refractivity contribution < 1.29 is 0 Å². The first-order chi connectivity index (χ1) is 20.9. The first-order valence-electron chi connectivity index (χ1n) is 18.4. The van der Waals surface area contributed by atoms with Crippen LogP contribution in [0.15, 0.2) is 59.7 Å². The van der Waals surface area contributed by atoms with E-state index in [-0.39, 0.29) is 0 Å². The third kappa shape index (κ3) is 23.4. The van der Waals surface area contributed by atoms with E-state index in [9.17, 15) is 0 Å². The van der Waals surface area contributed by atoms with Crippen LogP contribution in [-0.2, 0) is 6.42 Å². The van der Waals surface area contributed by atoms with Gasteiger partial charge >= 0.3 is 0 Å². The number of benzene rings is 1. The van der Waals surface area contributed by atoms with Crippen LogP contribution in [0.4, 0.5) is 0 Å². The number of hydrogen-bond donors (Lipinski definition) is 2. The second-order valence-electron chi connectivity index (χ2n) is 11.1. The van der Waals surface area contributed by atoms with Crippen molar-refractivity contribution in [3.8, 4) is 0 Å². The number of nitrogens with one attached hydrogen (secondary N) is 1. The minimum atomic E-state index is 0.391. The monoisotopic (exact) mass is 599 g/mol. The molecule has 0 spiro atoms. The second-order valence-corrected chi connectivity index (χ2v) is 11.1. The molecule has 1 aromatic carbocycles. The summed E-state index contributed by atoms with van der Waals surface area (Å²) in [4.78, 5) is 0. The highest BCUT2D eigenvalue weighted by atomic mass is 14.9. The molecule has 0 aliphatic heterocycles. The summed E-state index contributed by atoms with van der Waals surface area (Å²) in [5.74, 6) is 0.818. The number of hydrogen-bond acceptors (Lipinski definition) is 2. The summed E-state index contributed by atoms with van der Waals surface area (Å²) in [6.45, 7) is 24.0. The van der Waals surface area contributed by atoms with Gasteiger partial charge in [0.2, 0.25) is 0 Å². The lowest BCUT2D eigenvalue weighted by molar-refractivity contribution is 0.245. The van der Waals surface area contributed by atoms with Gasteiger partial charge in [-0.25, -0.2) is 0 Å². The highest BCUT2D eigenvalue weighted by molar-refractivity contribution is 5.31. The van der Waals surface area contributed by atoms with E-state index in [0.717, 1.165) is 18.9 Å². The van der Waals surface area contributed by atoms with Crippen molar-refractivity contribution in [2.45, 2.75) is 172 Å². The van der Waals surface area contributed by atoms with Crippen molar-refractivity contribution in [3.63, 3.8) is 0 Å². The van der Waals surface area contributed by atoms with Crippen molar-refractivity contribution >= 4 is 0 Å². The van der Waals surface area contributed by atoms with Crippen LogP contribution in [0.2, 0.25) is 0 Å². The third-order valence-electron chi connectivity index (χ3n) is 8.07. The van der Waals surface area contributed by atoms with Crippen LogP contribution in [0.1, 0.15) is 164 Å². The molecular formula is C41H78N2. The second kappa shape index (κ2) is 33.3. The molecule has 2 heteroatoms. The van der Waals surface area contributed by atoms with E-state index >= 15 is 0 Å². The van der Waals surface area contributed by atoms with Gasteiger partial charge < -0.3 is 11.1 Å². The Labute approximate surface area is 272 Å². The molecule has 0 fully saturated rings. The molecule has 0 bridgehead atoms. The van der Waals surface area contributed by atoms with Crippen LogP contribution in [0.25, 0.3) is 0 Å². The minimum absolute atomic E-state index is 0.391. The van der Waals surface area contributed by atoms with Gasteiger partial charge in [-0.05, 0) is 103 Å². The largest absolute Gasteiger partial charge is 0.330 e. The quantitative estimate of drug-likeness (QED) is 0.235. The SMILES string of the molecule is CC.CC.CC.CCC1=CC=C(Cc2cccc(C)c2)CC1.CCCCC(CC)(CC1C=CCCC1)NC.CCCCN. The van der Waals surface area contributed by atoms with Gasteiger partial charge in [0.15, 0.2) is 0 Å². The van der Waals surface area contributed by atoms with Crippen molar-refractivity contribution in [2.75, 3.05) is 13.6 Å². The summed E-state index contributed by atoms with van der Waals surface area (Å²) >= 11 is 0. The molecule has 2 atom stereocenters. The summed E-state index contributed by atoms with van der Waals surface area (Å²) in [5.41, 5.74) is 11.5. The number of aryl methyl sites for hydroxylation is 1. The Kier molecular flexibility index (Phi) is 35.4. The van der Waals surface area contributed by atoms with Gasteiger partial charge in [-0.1, -0.05) is 154 Å². The Morgan fingerprint density at radius 2 is 1.51 bits per heavy atom. The van der Waals surface area contributed by atoms with Gasteiger partial charge in [-0.3, -0.25) is 0 Å². The Bertz CT molecular complexity index is 796. The Balaban J connectivity index is -0.000000560. The fourth-order valence-corrected chi connectivity index (χ4v) is 5.35. The highest BCUT2D eigenvalue weighted by Crippen LogP contribution is 2.31. The van der Waals surface area contributed by atoms with Crippen LogP contribution in [0.5, 0.6) is 0 Å². The minimum Gasteiger partial charge on any atom is -0.330 e. The molecule has 0 aromatic heterocycles. The van der Waals surface area contributed by atoms with E-state index in [1.54, 1.807) is 11.1 Å². The van der Waals surface area contributed by atoms with Crippen molar-refractivity contribution in [1.82, 2.24) is 5.32 Å². The Hall–Kier alpha value is -1.64. The third-order valence-corrected chi connectivity index (χ3v) is 8.07. The van der Waals surface area contributed by atoms with Crippen LogP contribution in [0, 0.1) is 12.8 Å². The van der Waals surface area contributed by atoms with E-state index in [1.165, 1.54) is 94.6 Å². The van der Waals surface area contributed by atoms with Gasteiger partial charge in [0.05, 0.1) is 0 Å². The summed E-state index contributed by atoms with van der Waals surface area (Å²) in [5, 5.41) is 3.61. The van der Waals surface area contributed by atoms with Crippen molar-refractivity contribution in [2.24, 2.45) is 11.7 Å². The zero-order valence-corrected chi connectivity index (χ0v) is 31.4. The molecule has 0 saturated heterocycles. The first-order valence-corrected chi connectivity index (χ1v) is 18.4. The number of unbranched alkanes of at least 4 members (excludes halogenated alkanes) is 2. The lowest BCUT2D eigenvalue weighted by atomic mass is 9.78. The van der Waals surface area contributed by atoms with Gasteiger partial charge in [0, 0.05) is 5.54 Å². The average Bonchev–Trinajstić information content (AvgIpc) is 3.08. The molecule has 0 radical (unpaired) electrons. The van der Waals surface area contributed by atoms with Crippen molar-refractivity contribution in [1.29, 1.82) is 0 Å². The van der Waals surface area contributed by atoms with Gasteiger partial charge in [-0.2, -0.15) is 0 Å². The fourth-order valence-electron chi connectivity index (χ4n) is 5.35. The number of nitrogens with two attached hydrogens (primary N) is 1. The van der Waals surface area contributed by atoms with E-state index in [4.69, 9.17) is 5.73 Å². The van der Waals surface area contributed by atoms with E-state index in [1.807, 2.05) is 41.5 Å². The maximum atomic E-state index is 5.14. The normalized spacial score (nSPS) is 16.3. The molecule has 2 aliphatic rings. The zero-order valence-electron chi connectivity index (χ0n) is 31.4. The molecule has 2 nitrogen and oxygen atoms in total. The van der Waals surface area contributed by atoms with Crippen molar-refractivity contribution in [3.05, 3.63) is 70.8 Å².